The van der Waals surface area contributed by atoms with Crippen molar-refractivity contribution in [3.8, 4) is 17.2 Å². The van der Waals surface area contributed by atoms with Gasteiger partial charge < -0.3 is 5.73 Å². The number of nitrogens with two attached hydrogens (primary N) is 1. The quantitative estimate of drug-likeness (QED) is 0.769. The van der Waals surface area contributed by atoms with Crippen molar-refractivity contribution in [2.45, 2.75) is 25.8 Å². The highest BCUT2D eigenvalue weighted by Crippen LogP contribution is 2.28. The molecule has 1 aliphatic rings. The number of rotatable bonds is 3. The highest BCUT2D eigenvalue weighted by molar-refractivity contribution is 5.95. The van der Waals surface area contributed by atoms with Gasteiger partial charge in [0, 0.05) is 18.1 Å². The Bertz CT molecular complexity index is 964. The van der Waals surface area contributed by atoms with Crippen LogP contribution in [-0.2, 0) is 6.54 Å². The molecule has 0 spiro atoms. The van der Waals surface area contributed by atoms with Gasteiger partial charge in [-0.1, -0.05) is 42.8 Å². The van der Waals surface area contributed by atoms with E-state index >= 15 is 0 Å². The summed E-state index contributed by atoms with van der Waals surface area (Å²) in [7, 11) is 0. The van der Waals surface area contributed by atoms with Crippen molar-refractivity contribution in [2.75, 3.05) is 18.8 Å². The van der Waals surface area contributed by atoms with Crippen molar-refractivity contribution in [1.82, 2.24) is 9.88 Å². The van der Waals surface area contributed by atoms with Crippen LogP contribution in [0.4, 0.5) is 5.69 Å². The van der Waals surface area contributed by atoms with Gasteiger partial charge in [0.1, 0.15) is 6.07 Å². The number of benzene rings is 2. The van der Waals surface area contributed by atoms with Crippen molar-refractivity contribution < 1.29 is 0 Å². The Hall–Kier alpha value is -2.90. The Morgan fingerprint density at radius 3 is 2.46 bits per heavy atom. The van der Waals surface area contributed by atoms with Gasteiger partial charge in [-0.15, -0.1) is 0 Å². The Balaban J connectivity index is 1.58. The van der Waals surface area contributed by atoms with Crippen LogP contribution in [0.3, 0.4) is 0 Å². The summed E-state index contributed by atoms with van der Waals surface area (Å²) in [5.41, 5.74) is 11.4. The first-order valence-electron chi connectivity index (χ1n) is 9.14. The molecule has 1 fully saturated rings. The standard InChI is InChI=1S/C22H22N4/c23-13-19-14-25-21-12-18(8-9-20(21)22(19)24)17-6-4-16(5-7-17)15-26-10-2-1-3-11-26/h4-9,12,14H,1-3,10-11,15H2,(H2,24,25). The van der Waals surface area contributed by atoms with Crippen molar-refractivity contribution in [2.24, 2.45) is 0 Å². The van der Waals surface area contributed by atoms with Gasteiger partial charge in [-0.05, 0) is 48.7 Å². The average Bonchev–Trinajstić information content (AvgIpc) is 2.69. The minimum absolute atomic E-state index is 0.423. The fraction of sp³-hybridized carbons (Fsp3) is 0.273. The lowest BCUT2D eigenvalue weighted by Crippen LogP contribution is -2.28. The Morgan fingerprint density at radius 1 is 1.00 bits per heavy atom. The third-order valence-corrected chi connectivity index (χ3v) is 5.17. The summed E-state index contributed by atoms with van der Waals surface area (Å²) in [6, 6.07) is 16.9. The topological polar surface area (TPSA) is 65.9 Å². The van der Waals surface area contributed by atoms with Gasteiger partial charge in [0.05, 0.1) is 16.8 Å². The Morgan fingerprint density at radius 2 is 1.73 bits per heavy atom. The lowest BCUT2D eigenvalue weighted by Gasteiger charge is -2.26. The first-order chi connectivity index (χ1) is 12.7. The molecular weight excluding hydrogens is 320 g/mol. The molecule has 0 atom stereocenters. The van der Waals surface area contributed by atoms with Crippen LogP contribution in [0.15, 0.2) is 48.7 Å². The molecule has 1 aliphatic heterocycles. The first kappa shape index (κ1) is 16.6. The third kappa shape index (κ3) is 3.26. The number of nitrogen functional groups attached to an aromatic ring is 1. The lowest BCUT2D eigenvalue weighted by molar-refractivity contribution is 0.221. The normalized spacial score (nSPS) is 15.0. The summed E-state index contributed by atoms with van der Waals surface area (Å²) >= 11 is 0. The molecule has 1 saturated heterocycles. The SMILES string of the molecule is N#Cc1cnc2cc(-c3ccc(CN4CCCCC4)cc3)ccc2c1N. The highest BCUT2D eigenvalue weighted by atomic mass is 15.1. The van der Waals surface area contributed by atoms with E-state index in [-0.39, 0.29) is 0 Å². The average molecular weight is 342 g/mol. The highest BCUT2D eigenvalue weighted by Gasteiger charge is 2.11. The van der Waals surface area contributed by atoms with Crippen LogP contribution in [-0.4, -0.2) is 23.0 Å². The van der Waals surface area contributed by atoms with Crippen LogP contribution in [0.5, 0.6) is 0 Å². The van der Waals surface area contributed by atoms with E-state index in [9.17, 15) is 0 Å². The molecule has 2 N–H and O–H groups in total. The number of likely N-dealkylation sites (tertiary alicyclic amines) is 1. The zero-order valence-electron chi connectivity index (χ0n) is 14.8. The molecule has 26 heavy (non-hydrogen) atoms. The minimum atomic E-state index is 0.423. The number of pyridine rings is 1. The summed E-state index contributed by atoms with van der Waals surface area (Å²) in [4.78, 5) is 6.92. The van der Waals surface area contributed by atoms with Gasteiger partial charge in [-0.25, -0.2) is 0 Å². The van der Waals surface area contributed by atoms with Crippen molar-refractivity contribution in [3.05, 3.63) is 59.8 Å². The van der Waals surface area contributed by atoms with Crippen LogP contribution in [0.25, 0.3) is 22.0 Å². The molecule has 0 amide bonds. The van der Waals surface area contributed by atoms with E-state index in [0.29, 0.717) is 11.3 Å². The maximum absolute atomic E-state index is 9.08. The van der Waals surface area contributed by atoms with Gasteiger partial charge in [-0.3, -0.25) is 9.88 Å². The lowest BCUT2D eigenvalue weighted by atomic mass is 10.0. The Labute approximate surface area is 153 Å². The second-order valence-electron chi connectivity index (χ2n) is 6.96. The Kier molecular flexibility index (Phi) is 4.55. The summed E-state index contributed by atoms with van der Waals surface area (Å²) in [5, 5.41) is 9.91. The van der Waals surface area contributed by atoms with E-state index < -0.39 is 0 Å². The molecule has 2 aromatic carbocycles. The van der Waals surface area contributed by atoms with Crippen molar-refractivity contribution >= 4 is 16.6 Å². The van der Waals surface area contributed by atoms with E-state index in [1.54, 1.807) is 6.20 Å². The van der Waals surface area contributed by atoms with Crippen LogP contribution in [0, 0.1) is 11.3 Å². The number of anilines is 1. The molecule has 0 radical (unpaired) electrons. The number of fused-ring (bicyclic) bond motifs is 1. The molecule has 3 aromatic rings. The molecule has 0 bridgehead atoms. The van der Waals surface area contributed by atoms with Crippen molar-refractivity contribution in [1.29, 1.82) is 5.26 Å². The zero-order valence-corrected chi connectivity index (χ0v) is 14.8. The van der Waals surface area contributed by atoms with Crippen molar-refractivity contribution in [3.63, 3.8) is 0 Å². The zero-order chi connectivity index (χ0) is 17.9. The summed E-state index contributed by atoms with van der Waals surface area (Å²) in [6.07, 6.45) is 5.55. The predicted octanol–water partition coefficient (Wildman–Crippen LogP) is 4.34. The minimum Gasteiger partial charge on any atom is -0.397 e. The van der Waals surface area contributed by atoms with Crippen LogP contribution < -0.4 is 5.73 Å². The van der Waals surface area contributed by atoms with E-state index in [4.69, 9.17) is 11.0 Å². The fourth-order valence-corrected chi connectivity index (χ4v) is 3.66. The molecule has 4 heteroatoms. The molecule has 0 saturated carbocycles. The van der Waals surface area contributed by atoms with Gasteiger partial charge >= 0.3 is 0 Å². The van der Waals surface area contributed by atoms with Crippen LogP contribution >= 0.6 is 0 Å². The van der Waals surface area contributed by atoms with Gasteiger partial charge in [0.2, 0.25) is 0 Å². The predicted molar refractivity (Wildman–Crippen MR) is 105 cm³/mol. The largest absolute Gasteiger partial charge is 0.397 e. The van der Waals surface area contributed by atoms with Gasteiger partial charge in [0.15, 0.2) is 0 Å². The number of piperidine rings is 1. The molecule has 1 aromatic heterocycles. The monoisotopic (exact) mass is 342 g/mol. The molecule has 4 nitrogen and oxygen atoms in total. The second-order valence-corrected chi connectivity index (χ2v) is 6.96. The fourth-order valence-electron chi connectivity index (χ4n) is 3.66. The molecule has 2 heterocycles. The van der Waals surface area contributed by atoms with Gasteiger partial charge in [-0.2, -0.15) is 5.26 Å². The first-order valence-corrected chi connectivity index (χ1v) is 9.14. The second kappa shape index (κ2) is 7.15. The van der Waals surface area contributed by atoms with Gasteiger partial charge in [0.25, 0.3) is 0 Å². The van der Waals surface area contributed by atoms with E-state index in [2.05, 4.69) is 40.2 Å². The number of hydrogen-bond donors (Lipinski definition) is 1. The van der Waals surface area contributed by atoms with E-state index in [1.807, 2.05) is 18.2 Å². The van der Waals surface area contributed by atoms with E-state index in [1.165, 1.54) is 43.5 Å². The molecule has 0 aliphatic carbocycles. The molecule has 0 unspecified atom stereocenters. The number of hydrogen-bond acceptors (Lipinski definition) is 4. The molecule has 4 rings (SSSR count). The maximum atomic E-state index is 9.08. The molecular formula is C22H22N4. The number of aromatic nitrogens is 1. The number of nitrogens with zero attached hydrogens (tertiary/aromatic N) is 3. The smallest absolute Gasteiger partial charge is 0.103 e. The number of nitriles is 1. The summed E-state index contributed by atoms with van der Waals surface area (Å²) in [6.45, 7) is 3.46. The summed E-state index contributed by atoms with van der Waals surface area (Å²) in [5.74, 6) is 0. The van der Waals surface area contributed by atoms with Crippen LogP contribution in [0.2, 0.25) is 0 Å². The maximum Gasteiger partial charge on any atom is 0.103 e. The van der Waals surface area contributed by atoms with Crippen LogP contribution in [0.1, 0.15) is 30.4 Å². The molecule has 130 valence electrons. The third-order valence-electron chi connectivity index (χ3n) is 5.17. The van der Waals surface area contributed by atoms with E-state index in [0.717, 1.165) is 23.0 Å². The summed E-state index contributed by atoms with van der Waals surface area (Å²) < 4.78 is 0.